The summed E-state index contributed by atoms with van der Waals surface area (Å²) in [5.41, 5.74) is 4.20. The van der Waals surface area contributed by atoms with E-state index >= 15 is 0 Å². The Kier molecular flexibility index (Phi) is 5.32. The SMILES string of the molecule is O=C(NC1CCC2(CC1)CN(C(=O)c1n[nH]c3cc(-c4ccccc4)ccc13)C2)c1ccccn1. The quantitative estimate of drug-likeness (QED) is 0.466. The van der Waals surface area contributed by atoms with Crippen molar-refractivity contribution in [2.45, 2.75) is 31.7 Å². The number of aromatic amines is 1. The molecule has 1 saturated carbocycles. The van der Waals surface area contributed by atoms with Crippen LogP contribution in [0.15, 0.2) is 72.9 Å². The Balaban J connectivity index is 1.07. The Hall–Kier alpha value is -4.00. The summed E-state index contributed by atoms with van der Waals surface area (Å²) in [5, 5.41) is 11.4. The van der Waals surface area contributed by atoms with E-state index in [1.165, 1.54) is 0 Å². The van der Waals surface area contributed by atoms with E-state index in [0.717, 1.165) is 60.8 Å². The van der Waals surface area contributed by atoms with E-state index in [-0.39, 0.29) is 23.3 Å². The summed E-state index contributed by atoms with van der Waals surface area (Å²) < 4.78 is 0. The van der Waals surface area contributed by atoms with E-state index in [2.05, 4.69) is 32.6 Å². The van der Waals surface area contributed by atoms with Gasteiger partial charge >= 0.3 is 0 Å². The van der Waals surface area contributed by atoms with Crippen molar-refractivity contribution >= 4 is 22.7 Å². The lowest BCUT2D eigenvalue weighted by Crippen LogP contribution is -2.60. The van der Waals surface area contributed by atoms with Crippen LogP contribution in [0.1, 0.15) is 46.7 Å². The van der Waals surface area contributed by atoms with Gasteiger partial charge in [-0.25, -0.2) is 0 Å². The average Bonchev–Trinajstić information content (AvgIpc) is 3.32. The number of rotatable bonds is 4. The van der Waals surface area contributed by atoms with Gasteiger partial charge in [0.05, 0.1) is 5.52 Å². The monoisotopic (exact) mass is 465 g/mol. The van der Waals surface area contributed by atoms with E-state index in [4.69, 9.17) is 0 Å². The van der Waals surface area contributed by atoms with Crippen LogP contribution >= 0.6 is 0 Å². The zero-order chi connectivity index (χ0) is 23.8. The standard InChI is InChI=1S/C28H27N5O2/c34-26(23-8-4-5-15-29-23)30-21-11-13-28(14-12-21)17-33(18-28)27(35)25-22-10-9-20(16-24(22)31-32-25)19-6-2-1-3-7-19/h1-10,15-16,21H,11-14,17-18H2,(H,30,34)(H,31,32). The molecule has 2 N–H and O–H groups in total. The Morgan fingerprint density at radius 2 is 1.71 bits per heavy atom. The van der Waals surface area contributed by atoms with Gasteiger partial charge in [0.1, 0.15) is 5.69 Å². The van der Waals surface area contributed by atoms with Gasteiger partial charge in [0.2, 0.25) is 0 Å². The third kappa shape index (κ3) is 4.07. The number of H-pyrrole nitrogens is 1. The van der Waals surface area contributed by atoms with Crippen LogP contribution in [0.5, 0.6) is 0 Å². The number of nitrogens with zero attached hydrogens (tertiary/aromatic N) is 3. The van der Waals surface area contributed by atoms with Crippen LogP contribution in [0.25, 0.3) is 22.0 Å². The van der Waals surface area contributed by atoms with Crippen LogP contribution < -0.4 is 5.32 Å². The highest BCUT2D eigenvalue weighted by molar-refractivity contribution is 6.05. The molecule has 1 aliphatic carbocycles. The topological polar surface area (TPSA) is 91.0 Å². The molecule has 35 heavy (non-hydrogen) atoms. The van der Waals surface area contributed by atoms with Crippen molar-refractivity contribution in [2.75, 3.05) is 13.1 Å². The number of likely N-dealkylation sites (tertiary alicyclic amines) is 1. The smallest absolute Gasteiger partial charge is 0.275 e. The molecule has 6 rings (SSSR count). The van der Waals surface area contributed by atoms with Gasteiger partial charge in [0.15, 0.2) is 5.69 Å². The van der Waals surface area contributed by atoms with Gasteiger partial charge < -0.3 is 10.2 Å². The molecule has 2 aromatic carbocycles. The first-order valence-corrected chi connectivity index (χ1v) is 12.2. The first-order valence-electron chi connectivity index (χ1n) is 12.2. The van der Waals surface area contributed by atoms with Crippen LogP contribution in [-0.2, 0) is 0 Å². The Labute approximate surface area is 203 Å². The number of amides is 2. The summed E-state index contributed by atoms with van der Waals surface area (Å²) in [4.78, 5) is 31.7. The van der Waals surface area contributed by atoms with Crippen molar-refractivity contribution in [1.29, 1.82) is 0 Å². The second kappa shape index (κ2) is 8.65. The van der Waals surface area contributed by atoms with E-state index in [0.29, 0.717) is 11.4 Å². The van der Waals surface area contributed by atoms with Crippen LogP contribution in [0.4, 0.5) is 0 Å². The molecule has 7 heteroatoms. The van der Waals surface area contributed by atoms with Gasteiger partial charge in [-0.15, -0.1) is 0 Å². The predicted molar refractivity (Wildman–Crippen MR) is 134 cm³/mol. The fourth-order valence-corrected chi connectivity index (χ4v) is 5.50. The average molecular weight is 466 g/mol. The molecule has 176 valence electrons. The van der Waals surface area contributed by atoms with E-state index in [1.807, 2.05) is 47.4 Å². The molecule has 0 unspecified atom stereocenters. The zero-order valence-electron chi connectivity index (χ0n) is 19.4. The number of pyridine rings is 1. The van der Waals surface area contributed by atoms with Gasteiger partial charge in [-0.2, -0.15) is 5.10 Å². The molecule has 7 nitrogen and oxygen atoms in total. The fourth-order valence-electron chi connectivity index (χ4n) is 5.50. The van der Waals surface area contributed by atoms with Crippen molar-refractivity contribution < 1.29 is 9.59 Å². The molecule has 2 fully saturated rings. The lowest BCUT2D eigenvalue weighted by Gasteiger charge is -2.53. The van der Waals surface area contributed by atoms with E-state index in [1.54, 1.807) is 18.3 Å². The van der Waals surface area contributed by atoms with Crippen LogP contribution in [0, 0.1) is 5.41 Å². The predicted octanol–water partition coefficient (Wildman–Crippen LogP) is 4.44. The fraction of sp³-hybridized carbons (Fsp3) is 0.286. The molecular weight excluding hydrogens is 438 g/mol. The number of benzene rings is 2. The molecule has 4 aromatic rings. The largest absolute Gasteiger partial charge is 0.348 e. The van der Waals surface area contributed by atoms with Crippen molar-refractivity contribution in [1.82, 2.24) is 25.4 Å². The van der Waals surface area contributed by atoms with Crippen molar-refractivity contribution in [3.05, 3.63) is 84.3 Å². The molecular formula is C28H27N5O2. The Morgan fingerprint density at radius 1 is 0.943 bits per heavy atom. The number of fused-ring (bicyclic) bond motifs is 1. The molecule has 2 amide bonds. The minimum Gasteiger partial charge on any atom is -0.348 e. The summed E-state index contributed by atoms with van der Waals surface area (Å²) in [6.07, 6.45) is 5.50. The maximum Gasteiger partial charge on any atom is 0.275 e. The minimum atomic E-state index is -0.113. The normalized spacial score (nSPS) is 17.3. The summed E-state index contributed by atoms with van der Waals surface area (Å²) in [7, 11) is 0. The number of aromatic nitrogens is 3. The minimum absolute atomic E-state index is 0.0140. The first-order chi connectivity index (χ1) is 17.1. The number of nitrogens with one attached hydrogen (secondary N) is 2. The molecule has 2 aliphatic rings. The molecule has 0 bridgehead atoms. The first kappa shape index (κ1) is 21.5. The van der Waals surface area contributed by atoms with Gasteiger partial charge in [0, 0.05) is 36.1 Å². The summed E-state index contributed by atoms with van der Waals surface area (Å²) >= 11 is 0. The highest BCUT2D eigenvalue weighted by Gasteiger charge is 2.47. The summed E-state index contributed by atoms with van der Waals surface area (Å²) in [6, 6.07) is 21.8. The third-order valence-electron chi connectivity index (χ3n) is 7.49. The summed E-state index contributed by atoms with van der Waals surface area (Å²) in [5.74, 6) is -0.127. The summed E-state index contributed by atoms with van der Waals surface area (Å²) in [6.45, 7) is 1.51. The van der Waals surface area contributed by atoms with Gasteiger partial charge in [-0.3, -0.25) is 19.7 Å². The maximum atomic E-state index is 13.2. The third-order valence-corrected chi connectivity index (χ3v) is 7.49. The highest BCUT2D eigenvalue weighted by Crippen LogP contribution is 2.44. The zero-order valence-corrected chi connectivity index (χ0v) is 19.4. The second-order valence-electron chi connectivity index (χ2n) is 9.82. The van der Waals surface area contributed by atoms with Crippen molar-refractivity contribution in [3.8, 4) is 11.1 Å². The lowest BCUT2D eigenvalue weighted by atomic mass is 9.67. The van der Waals surface area contributed by atoms with Gasteiger partial charge in [-0.1, -0.05) is 42.5 Å². The van der Waals surface area contributed by atoms with Gasteiger partial charge in [0.25, 0.3) is 11.8 Å². The maximum absolute atomic E-state index is 13.2. The number of carbonyl (C=O) groups excluding carboxylic acids is 2. The Bertz CT molecular complexity index is 1370. The molecule has 0 radical (unpaired) electrons. The van der Waals surface area contributed by atoms with Gasteiger partial charge in [-0.05, 0) is 61.1 Å². The van der Waals surface area contributed by atoms with E-state index < -0.39 is 0 Å². The molecule has 2 aromatic heterocycles. The number of hydrogen-bond donors (Lipinski definition) is 2. The molecule has 1 aliphatic heterocycles. The van der Waals surface area contributed by atoms with Crippen molar-refractivity contribution in [3.63, 3.8) is 0 Å². The van der Waals surface area contributed by atoms with Crippen LogP contribution in [-0.4, -0.2) is 51.0 Å². The lowest BCUT2D eigenvalue weighted by molar-refractivity contribution is -0.0201. The van der Waals surface area contributed by atoms with Crippen LogP contribution in [0.2, 0.25) is 0 Å². The van der Waals surface area contributed by atoms with Crippen molar-refractivity contribution in [2.24, 2.45) is 5.41 Å². The number of carbonyl (C=O) groups is 2. The highest BCUT2D eigenvalue weighted by atomic mass is 16.2. The number of hydrogen-bond acceptors (Lipinski definition) is 4. The van der Waals surface area contributed by atoms with Crippen LogP contribution in [0.3, 0.4) is 0 Å². The molecule has 1 saturated heterocycles. The Morgan fingerprint density at radius 3 is 2.46 bits per heavy atom. The molecule has 0 atom stereocenters. The second-order valence-corrected chi connectivity index (χ2v) is 9.82. The van der Waals surface area contributed by atoms with E-state index in [9.17, 15) is 9.59 Å². The molecule has 3 heterocycles. The molecule has 1 spiro atoms.